The molecule has 4 rings (SSSR count). The van der Waals surface area contributed by atoms with Crippen LogP contribution in [0.4, 0.5) is 5.95 Å². The van der Waals surface area contributed by atoms with Gasteiger partial charge in [-0.1, -0.05) is 18.2 Å². The highest BCUT2D eigenvalue weighted by Crippen LogP contribution is 2.26. The van der Waals surface area contributed by atoms with E-state index in [0.29, 0.717) is 23.5 Å². The molecule has 7 heteroatoms. The van der Waals surface area contributed by atoms with Crippen molar-refractivity contribution in [2.75, 3.05) is 11.9 Å². The van der Waals surface area contributed by atoms with Crippen molar-refractivity contribution in [2.24, 2.45) is 0 Å². The fourth-order valence-corrected chi connectivity index (χ4v) is 4.03. The highest BCUT2D eigenvalue weighted by atomic mass is 32.1. The Labute approximate surface area is 154 Å². The van der Waals surface area contributed by atoms with E-state index >= 15 is 0 Å². The zero-order chi connectivity index (χ0) is 18.3. The number of thiophene rings is 1. The Morgan fingerprint density at radius 3 is 2.85 bits per heavy atom. The molecule has 134 valence electrons. The van der Waals surface area contributed by atoms with Crippen LogP contribution in [0.2, 0.25) is 0 Å². The summed E-state index contributed by atoms with van der Waals surface area (Å²) in [6.07, 6.45) is 2.44. The number of benzene rings is 1. The maximum atomic E-state index is 12.3. The van der Waals surface area contributed by atoms with Gasteiger partial charge in [0.1, 0.15) is 5.39 Å². The van der Waals surface area contributed by atoms with E-state index in [0.717, 1.165) is 6.42 Å². The zero-order valence-corrected chi connectivity index (χ0v) is 15.9. The van der Waals surface area contributed by atoms with Crippen LogP contribution in [-0.2, 0) is 12.0 Å². The van der Waals surface area contributed by atoms with Crippen LogP contribution in [0.15, 0.2) is 40.6 Å². The largest absolute Gasteiger partial charge is 0.355 e. The topological polar surface area (TPSA) is 75.6 Å². The minimum absolute atomic E-state index is 0.172. The van der Waals surface area contributed by atoms with E-state index in [2.05, 4.69) is 50.0 Å². The molecule has 0 bridgehead atoms. The fraction of sp³-hybridized carbons (Fsp3) is 0.316. The molecule has 2 N–H and O–H groups in total. The van der Waals surface area contributed by atoms with Crippen LogP contribution in [0.5, 0.6) is 0 Å². The van der Waals surface area contributed by atoms with Gasteiger partial charge in [0.15, 0.2) is 5.65 Å². The normalized spacial score (nSPS) is 12.1. The maximum absolute atomic E-state index is 12.3. The summed E-state index contributed by atoms with van der Waals surface area (Å²) in [5, 5.41) is 11.6. The van der Waals surface area contributed by atoms with Crippen molar-refractivity contribution < 1.29 is 0 Å². The summed E-state index contributed by atoms with van der Waals surface area (Å²) in [6.45, 7) is 6.81. The number of nitrogens with one attached hydrogen (secondary N) is 2. The molecular weight excluding hydrogens is 346 g/mol. The minimum Gasteiger partial charge on any atom is -0.355 e. The average Bonchev–Trinajstić information content (AvgIpc) is 3.19. The molecule has 26 heavy (non-hydrogen) atoms. The number of hydrogen-bond acceptors (Lipinski definition) is 5. The molecule has 0 saturated carbocycles. The molecule has 0 fully saturated rings. The molecule has 0 atom stereocenters. The Hall–Kier alpha value is -2.67. The van der Waals surface area contributed by atoms with Gasteiger partial charge in [-0.3, -0.25) is 9.78 Å². The Balaban J connectivity index is 1.56. The predicted molar refractivity (Wildman–Crippen MR) is 107 cm³/mol. The van der Waals surface area contributed by atoms with Gasteiger partial charge in [0.25, 0.3) is 5.56 Å². The third-order valence-corrected chi connectivity index (χ3v) is 5.33. The van der Waals surface area contributed by atoms with Crippen molar-refractivity contribution in [3.63, 3.8) is 0 Å². The van der Waals surface area contributed by atoms with Crippen molar-refractivity contribution in [3.8, 4) is 0 Å². The van der Waals surface area contributed by atoms with E-state index in [4.69, 9.17) is 0 Å². The first kappa shape index (κ1) is 16.8. The summed E-state index contributed by atoms with van der Waals surface area (Å²) in [7, 11) is 0. The summed E-state index contributed by atoms with van der Waals surface area (Å²) < 4.78 is 3.08. The van der Waals surface area contributed by atoms with Crippen molar-refractivity contribution in [3.05, 3.63) is 51.8 Å². The molecule has 1 aromatic carbocycles. The quantitative estimate of drug-likeness (QED) is 0.576. The third kappa shape index (κ3) is 2.99. The minimum atomic E-state index is -0.241. The number of rotatable bonds is 4. The van der Waals surface area contributed by atoms with Gasteiger partial charge in [-0.05, 0) is 49.6 Å². The van der Waals surface area contributed by atoms with Crippen LogP contribution in [0, 0.1) is 0 Å². The monoisotopic (exact) mass is 367 g/mol. The number of aromatic nitrogens is 4. The lowest BCUT2D eigenvalue weighted by atomic mass is 10.1. The maximum Gasteiger partial charge on any atom is 0.263 e. The van der Waals surface area contributed by atoms with Gasteiger partial charge >= 0.3 is 0 Å². The molecule has 0 saturated heterocycles. The van der Waals surface area contributed by atoms with Crippen LogP contribution in [0.25, 0.3) is 21.1 Å². The first-order valence-corrected chi connectivity index (χ1v) is 9.49. The molecule has 0 unspecified atom stereocenters. The number of nitrogens with zero attached hydrogens (tertiary/aromatic N) is 3. The third-order valence-electron chi connectivity index (χ3n) is 4.32. The van der Waals surface area contributed by atoms with Crippen molar-refractivity contribution >= 4 is 38.4 Å². The van der Waals surface area contributed by atoms with Gasteiger partial charge in [-0.2, -0.15) is 10.1 Å². The SMILES string of the molecule is CC(C)(C)n1ncc2c(=O)[nH]c(NCCc3csc4ccccc34)nc21. The molecule has 4 aromatic rings. The van der Waals surface area contributed by atoms with Gasteiger partial charge in [-0.25, -0.2) is 4.68 Å². The van der Waals surface area contributed by atoms with Crippen molar-refractivity contribution in [1.82, 2.24) is 19.7 Å². The van der Waals surface area contributed by atoms with Crippen molar-refractivity contribution in [2.45, 2.75) is 32.7 Å². The Morgan fingerprint density at radius 2 is 2.04 bits per heavy atom. The molecular formula is C19H21N5OS. The van der Waals surface area contributed by atoms with Gasteiger partial charge in [0.2, 0.25) is 5.95 Å². The lowest BCUT2D eigenvalue weighted by Gasteiger charge is -2.19. The molecule has 0 spiro atoms. The summed E-state index contributed by atoms with van der Waals surface area (Å²) in [6, 6.07) is 8.41. The first-order valence-electron chi connectivity index (χ1n) is 8.61. The smallest absolute Gasteiger partial charge is 0.263 e. The second kappa shape index (κ2) is 6.25. The van der Waals surface area contributed by atoms with Gasteiger partial charge in [0, 0.05) is 11.2 Å². The van der Waals surface area contributed by atoms with Crippen LogP contribution < -0.4 is 10.9 Å². The number of fused-ring (bicyclic) bond motifs is 2. The Bertz CT molecular complexity index is 1130. The summed E-state index contributed by atoms with van der Waals surface area (Å²) in [5.74, 6) is 0.480. The zero-order valence-electron chi connectivity index (χ0n) is 15.0. The second-order valence-electron chi connectivity index (χ2n) is 7.31. The Morgan fingerprint density at radius 1 is 1.23 bits per heavy atom. The molecule has 0 aliphatic carbocycles. The van der Waals surface area contributed by atoms with Gasteiger partial charge in [-0.15, -0.1) is 11.3 Å². The predicted octanol–water partition coefficient (Wildman–Crippen LogP) is 3.74. The van der Waals surface area contributed by atoms with E-state index in [1.54, 1.807) is 22.2 Å². The fourth-order valence-electron chi connectivity index (χ4n) is 3.04. The second-order valence-corrected chi connectivity index (χ2v) is 8.22. The highest BCUT2D eigenvalue weighted by Gasteiger charge is 2.19. The van der Waals surface area contributed by atoms with Crippen LogP contribution in [-0.4, -0.2) is 26.3 Å². The molecule has 3 heterocycles. The van der Waals surface area contributed by atoms with Crippen LogP contribution in [0.3, 0.4) is 0 Å². The highest BCUT2D eigenvalue weighted by molar-refractivity contribution is 7.17. The van der Waals surface area contributed by atoms with Crippen LogP contribution >= 0.6 is 11.3 Å². The van der Waals surface area contributed by atoms with Gasteiger partial charge < -0.3 is 5.32 Å². The number of hydrogen-bond donors (Lipinski definition) is 2. The van der Waals surface area contributed by atoms with Gasteiger partial charge in [0.05, 0.1) is 11.7 Å². The standard InChI is InChI=1S/C19H21N5OS/c1-19(2,3)24-16-14(10-21-24)17(25)23-18(22-16)20-9-8-12-11-26-15-7-5-4-6-13(12)15/h4-7,10-11H,8-9H2,1-3H3,(H2,20,22,23,25). The molecule has 0 aliphatic heterocycles. The average molecular weight is 367 g/mol. The number of anilines is 1. The van der Waals surface area contributed by atoms with E-state index in [1.807, 2.05) is 20.8 Å². The number of H-pyrrole nitrogens is 1. The van der Waals surface area contributed by atoms with E-state index in [1.165, 1.54) is 15.6 Å². The molecule has 3 aromatic heterocycles. The molecule has 6 nitrogen and oxygen atoms in total. The Kier molecular flexibility index (Phi) is 4.03. The lowest BCUT2D eigenvalue weighted by Crippen LogP contribution is -2.24. The van der Waals surface area contributed by atoms with Crippen LogP contribution in [0.1, 0.15) is 26.3 Å². The molecule has 0 amide bonds. The van der Waals surface area contributed by atoms with E-state index in [-0.39, 0.29) is 11.1 Å². The molecule has 0 radical (unpaired) electrons. The van der Waals surface area contributed by atoms with E-state index in [9.17, 15) is 4.79 Å². The lowest BCUT2D eigenvalue weighted by molar-refractivity contribution is 0.366. The van der Waals surface area contributed by atoms with Crippen molar-refractivity contribution in [1.29, 1.82) is 0 Å². The number of aromatic amines is 1. The summed E-state index contributed by atoms with van der Waals surface area (Å²) >= 11 is 1.76. The van der Waals surface area contributed by atoms with E-state index < -0.39 is 0 Å². The summed E-state index contributed by atoms with van der Waals surface area (Å²) in [5.41, 5.74) is 1.50. The summed E-state index contributed by atoms with van der Waals surface area (Å²) in [4.78, 5) is 19.7. The molecule has 0 aliphatic rings. The first-order chi connectivity index (χ1) is 12.4.